The molecule has 1 saturated carbocycles. The van der Waals surface area contributed by atoms with Crippen molar-refractivity contribution in [3.8, 4) is 0 Å². The van der Waals surface area contributed by atoms with Crippen molar-refractivity contribution >= 4 is 11.7 Å². The highest BCUT2D eigenvalue weighted by atomic mass is 16.1. The normalized spacial score (nSPS) is 26.3. The van der Waals surface area contributed by atoms with E-state index in [9.17, 15) is 9.59 Å². The molecule has 15 heavy (non-hydrogen) atoms. The Kier molecular flexibility index (Phi) is 5.37. The van der Waals surface area contributed by atoms with Gasteiger partial charge in [0.1, 0.15) is 5.78 Å². The first-order chi connectivity index (χ1) is 7.20. The zero-order valence-corrected chi connectivity index (χ0v) is 9.55. The molecule has 1 amide bonds. The van der Waals surface area contributed by atoms with Crippen LogP contribution in [0.15, 0.2) is 0 Å². The molecule has 1 atom stereocenters. The van der Waals surface area contributed by atoms with Gasteiger partial charge in [-0.25, -0.2) is 0 Å². The standard InChI is InChI=1S/C6H11NO.C6H10O/c8-6-4-2-1-3-5-7-6;1-5-3-2-4-6(5)7/h1-5H2,(H,7,8);5H,2-4H2,1H3. The van der Waals surface area contributed by atoms with Gasteiger partial charge >= 0.3 is 0 Å². The second kappa shape index (κ2) is 6.59. The summed E-state index contributed by atoms with van der Waals surface area (Å²) in [5.74, 6) is 1.06. The van der Waals surface area contributed by atoms with Crippen LogP contribution < -0.4 is 5.32 Å². The molecule has 0 radical (unpaired) electrons. The maximum Gasteiger partial charge on any atom is 0.219 e. The minimum atomic E-state index is 0.225. The molecule has 1 N–H and O–H groups in total. The van der Waals surface area contributed by atoms with E-state index >= 15 is 0 Å². The number of nitrogens with one attached hydrogen (secondary N) is 1. The summed E-state index contributed by atoms with van der Waals surface area (Å²) in [7, 11) is 0. The van der Waals surface area contributed by atoms with Crippen LogP contribution in [0.4, 0.5) is 0 Å². The van der Waals surface area contributed by atoms with Crippen molar-refractivity contribution in [3.05, 3.63) is 0 Å². The third kappa shape index (κ3) is 4.96. The van der Waals surface area contributed by atoms with Crippen LogP contribution in [0, 0.1) is 5.92 Å². The molecule has 0 aromatic heterocycles. The van der Waals surface area contributed by atoms with Gasteiger partial charge in [-0.3, -0.25) is 9.59 Å². The maximum atomic E-state index is 10.6. The van der Waals surface area contributed by atoms with Gasteiger partial charge in [0.2, 0.25) is 5.91 Å². The number of ketones is 1. The molecule has 0 aromatic rings. The SMILES string of the molecule is CC1CCCC1=O.O=C1CCCCCN1. The Morgan fingerprint density at radius 1 is 1.07 bits per heavy atom. The fourth-order valence-electron chi connectivity index (χ4n) is 1.89. The number of Topliss-reactive ketones (excluding diaryl/α,β-unsaturated/α-hetero) is 1. The van der Waals surface area contributed by atoms with Gasteiger partial charge in [0.15, 0.2) is 0 Å². The number of hydrogen-bond acceptors (Lipinski definition) is 2. The highest BCUT2D eigenvalue weighted by molar-refractivity contribution is 5.82. The molecule has 1 aliphatic heterocycles. The van der Waals surface area contributed by atoms with Crippen LogP contribution in [0.5, 0.6) is 0 Å². The summed E-state index contributed by atoms with van der Waals surface area (Å²) in [5, 5.41) is 2.81. The van der Waals surface area contributed by atoms with Gasteiger partial charge in [-0.05, 0) is 25.7 Å². The monoisotopic (exact) mass is 211 g/mol. The molecule has 2 rings (SSSR count). The van der Waals surface area contributed by atoms with Gasteiger partial charge in [-0.1, -0.05) is 13.3 Å². The van der Waals surface area contributed by atoms with Crippen molar-refractivity contribution in [2.24, 2.45) is 5.92 Å². The van der Waals surface area contributed by atoms with E-state index in [4.69, 9.17) is 0 Å². The molecular weight excluding hydrogens is 190 g/mol. The Labute approximate surface area is 91.6 Å². The van der Waals surface area contributed by atoms with E-state index in [1.165, 1.54) is 6.42 Å². The Balaban J connectivity index is 0.000000151. The van der Waals surface area contributed by atoms with Crippen molar-refractivity contribution in [2.45, 2.75) is 51.9 Å². The van der Waals surface area contributed by atoms with Crippen LogP contribution in [-0.4, -0.2) is 18.2 Å². The summed E-state index contributed by atoms with van der Waals surface area (Å²) in [6.45, 7) is 2.90. The van der Waals surface area contributed by atoms with E-state index in [1.807, 2.05) is 6.92 Å². The van der Waals surface area contributed by atoms with Crippen LogP contribution in [0.1, 0.15) is 51.9 Å². The van der Waals surface area contributed by atoms with Crippen LogP contribution in [-0.2, 0) is 9.59 Å². The van der Waals surface area contributed by atoms with Crippen LogP contribution >= 0.6 is 0 Å². The van der Waals surface area contributed by atoms with Gasteiger partial charge in [0.05, 0.1) is 0 Å². The summed E-state index contributed by atoms with van der Waals surface area (Å²) in [5.41, 5.74) is 0. The van der Waals surface area contributed by atoms with Gasteiger partial charge in [-0.2, -0.15) is 0 Å². The first kappa shape index (κ1) is 12.2. The van der Waals surface area contributed by atoms with Gasteiger partial charge in [0.25, 0.3) is 0 Å². The molecule has 2 aliphatic rings. The second-order valence-corrected chi connectivity index (χ2v) is 4.42. The lowest BCUT2D eigenvalue weighted by Gasteiger charge is -1.93. The fourth-order valence-corrected chi connectivity index (χ4v) is 1.89. The van der Waals surface area contributed by atoms with Crippen molar-refractivity contribution in [1.82, 2.24) is 5.32 Å². The molecule has 3 nitrogen and oxygen atoms in total. The molecule has 0 bridgehead atoms. The largest absolute Gasteiger partial charge is 0.356 e. The summed E-state index contributed by atoms with van der Waals surface area (Å²) in [6, 6.07) is 0. The Morgan fingerprint density at radius 2 is 1.87 bits per heavy atom. The highest BCUT2D eigenvalue weighted by Crippen LogP contribution is 2.19. The molecule has 1 heterocycles. The number of rotatable bonds is 0. The molecule has 1 aliphatic carbocycles. The third-order valence-corrected chi connectivity index (χ3v) is 3.01. The molecule has 1 unspecified atom stereocenters. The van der Waals surface area contributed by atoms with Crippen molar-refractivity contribution in [3.63, 3.8) is 0 Å². The zero-order valence-electron chi connectivity index (χ0n) is 9.55. The van der Waals surface area contributed by atoms with Crippen molar-refractivity contribution < 1.29 is 9.59 Å². The van der Waals surface area contributed by atoms with E-state index in [1.54, 1.807) is 0 Å². The average Bonchev–Trinajstić information content (AvgIpc) is 2.46. The van der Waals surface area contributed by atoms with E-state index in [0.717, 1.165) is 45.1 Å². The lowest BCUT2D eigenvalue weighted by molar-refractivity contribution is -0.121. The molecule has 1 saturated heterocycles. The lowest BCUT2D eigenvalue weighted by atomic mass is 10.1. The first-order valence-electron chi connectivity index (χ1n) is 5.99. The van der Waals surface area contributed by atoms with E-state index < -0.39 is 0 Å². The summed E-state index contributed by atoms with van der Waals surface area (Å²) >= 11 is 0. The quantitative estimate of drug-likeness (QED) is 0.666. The van der Waals surface area contributed by atoms with E-state index in [0.29, 0.717) is 11.7 Å². The second-order valence-electron chi connectivity index (χ2n) is 4.42. The number of carbonyl (C=O) groups is 2. The van der Waals surface area contributed by atoms with E-state index in [2.05, 4.69) is 5.32 Å². The zero-order chi connectivity index (χ0) is 11.1. The van der Waals surface area contributed by atoms with Crippen molar-refractivity contribution in [2.75, 3.05) is 6.54 Å². The summed E-state index contributed by atoms with van der Waals surface area (Å²) in [4.78, 5) is 21.1. The molecule has 0 aromatic carbocycles. The molecule has 0 spiro atoms. The molecule has 86 valence electrons. The van der Waals surface area contributed by atoms with E-state index in [-0.39, 0.29) is 5.91 Å². The Morgan fingerprint density at radius 3 is 2.40 bits per heavy atom. The average molecular weight is 211 g/mol. The van der Waals surface area contributed by atoms with Crippen LogP contribution in [0.2, 0.25) is 0 Å². The Hall–Kier alpha value is -0.860. The third-order valence-electron chi connectivity index (χ3n) is 3.01. The minimum Gasteiger partial charge on any atom is -0.356 e. The number of hydrogen-bond donors (Lipinski definition) is 1. The van der Waals surface area contributed by atoms with Gasteiger partial charge < -0.3 is 5.32 Å². The summed E-state index contributed by atoms with van der Waals surface area (Å²) in [6.07, 6.45) is 7.26. The van der Waals surface area contributed by atoms with Gasteiger partial charge in [0, 0.05) is 25.3 Å². The number of carbonyl (C=O) groups excluding carboxylic acids is 2. The predicted octanol–water partition coefficient (Wildman–Crippen LogP) is 2.05. The molecular formula is C12H21NO2. The summed E-state index contributed by atoms with van der Waals surface area (Å²) < 4.78 is 0. The predicted molar refractivity (Wildman–Crippen MR) is 59.5 cm³/mol. The smallest absolute Gasteiger partial charge is 0.219 e. The van der Waals surface area contributed by atoms with Crippen LogP contribution in [0.3, 0.4) is 0 Å². The minimum absolute atomic E-state index is 0.225. The maximum absolute atomic E-state index is 10.6. The number of amides is 1. The van der Waals surface area contributed by atoms with Crippen molar-refractivity contribution in [1.29, 1.82) is 0 Å². The molecule has 3 heteroatoms. The highest BCUT2D eigenvalue weighted by Gasteiger charge is 2.18. The topological polar surface area (TPSA) is 46.2 Å². The first-order valence-corrected chi connectivity index (χ1v) is 5.99. The fraction of sp³-hybridized carbons (Fsp3) is 0.833. The molecule has 2 fully saturated rings. The lowest BCUT2D eigenvalue weighted by Crippen LogP contribution is -2.21. The van der Waals surface area contributed by atoms with Crippen LogP contribution in [0.25, 0.3) is 0 Å². The Bertz CT molecular complexity index is 216. The van der Waals surface area contributed by atoms with Gasteiger partial charge in [-0.15, -0.1) is 0 Å².